The van der Waals surface area contributed by atoms with E-state index in [1.165, 1.54) is 5.56 Å². The first kappa shape index (κ1) is 14.6. The molecule has 0 spiro atoms. The Kier molecular flexibility index (Phi) is 3.65. The summed E-state index contributed by atoms with van der Waals surface area (Å²) in [5.74, 6) is 0.0637. The van der Waals surface area contributed by atoms with Gasteiger partial charge in [0.05, 0.1) is 18.2 Å². The number of carbonyl (C=O) groups excluding carboxylic acids is 1. The van der Waals surface area contributed by atoms with E-state index in [2.05, 4.69) is 62.6 Å². The van der Waals surface area contributed by atoms with E-state index in [0.29, 0.717) is 6.42 Å². The zero-order chi connectivity index (χ0) is 15.7. The zero-order valence-corrected chi connectivity index (χ0v) is 13.3. The van der Waals surface area contributed by atoms with Gasteiger partial charge in [-0.3, -0.25) is 15.2 Å². The maximum Gasteiger partial charge on any atom is 0.241 e. The number of hydrogen-bond acceptors (Lipinski definition) is 2. The molecular formula is C19H22N2O. The molecule has 1 fully saturated rings. The van der Waals surface area contributed by atoms with Gasteiger partial charge in [0, 0.05) is 0 Å². The highest BCUT2D eigenvalue weighted by atomic mass is 16.2. The van der Waals surface area contributed by atoms with Crippen LogP contribution in [0, 0.1) is 0 Å². The van der Waals surface area contributed by atoms with E-state index in [0.717, 1.165) is 11.3 Å². The van der Waals surface area contributed by atoms with Crippen molar-refractivity contribution >= 4 is 11.6 Å². The second-order valence-corrected chi connectivity index (χ2v) is 6.83. The topological polar surface area (TPSA) is 32.3 Å². The molecule has 3 nitrogen and oxygen atoms in total. The summed E-state index contributed by atoms with van der Waals surface area (Å²) in [6.07, 6.45) is 0.491. The number of benzene rings is 2. The summed E-state index contributed by atoms with van der Waals surface area (Å²) in [5, 5.41) is 1.98. The zero-order valence-electron chi connectivity index (χ0n) is 13.3. The summed E-state index contributed by atoms with van der Waals surface area (Å²) in [5.41, 5.74) is 6.57. The van der Waals surface area contributed by atoms with E-state index >= 15 is 0 Å². The number of hydrogen-bond donors (Lipinski definition) is 1. The minimum absolute atomic E-state index is 0.0502. The van der Waals surface area contributed by atoms with Crippen molar-refractivity contribution in [2.24, 2.45) is 0 Å². The Morgan fingerprint density at radius 1 is 1.00 bits per heavy atom. The molecule has 2 aromatic carbocycles. The SMILES string of the molecule is CC(C)(C)c1ccc(N2NC(=O)CC2c2ccccc2)cc1. The third kappa shape index (κ3) is 2.84. The van der Waals surface area contributed by atoms with Crippen LogP contribution in [0.25, 0.3) is 0 Å². The van der Waals surface area contributed by atoms with E-state index < -0.39 is 0 Å². The number of nitrogens with zero attached hydrogens (tertiary/aromatic N) is 1. The first-order valence-corrected chi connectivity index (χ1v) is 7.69. The molecule has 3 heteroatoms. The fourth-order valence-electron chi connectivity index (χ4n) is 2.83. The summed E-state index contributed by atoms with van der Waals surface area (Å²) in [6, 6.07) is 18.7. The van der Waals surface area contributed by atoms with Crippen molar-refractivity contribution in [3.63, 3.8) is 0 Å². The molecule has 0 saturated carbocycles. The van der Waals surface area contributed by atoms with Crippen LogP contribution in [0.1, 0.15) is 44.4 Å². The van der Waals surface area contributed by atoms with Crippen LogP contribution in [0.2, 0.25) is 0 Å². The van der Waals surface area contributed by atoms with Gasteiger partial charge in [-0.25, -0.2) is 0 Å². The number of hydrazine groups is 1. The van der Waals surface area contributed by atoms with Gasteiger partial charge < -0.3 is 0 Å². The lowest BCUT2D eigenvalue weighted by atomic mass is 9.87. The predicted molar refractivity (Wildman–Crippen MR) is 89.6 cm³/mol. The van der Waals surface area contributed by atoms with Crippen LogP contribution in [0.15, 0.2) is 54.6 Å². The lowest BCUT2D eigenvalue weighted by molar-refractivity contribution is -0.119. The Balaban J connectivity index is 1.91. The Bertz CT molecular complexity index is 656. The number of rotatable bonds is 2. The number of anilines is 1. The van der Waals surface area contributed by atoms with Crippen LogP contribution in [0.5, 0.6) is 0 Å². The average molecular weight is 294 g/mol. The molecule has 22 heavy (non-hydrogen) atoms. The first-order chi connectivity index (χ1) is 10.4. The Hall–Kier alpha value is -2.29. The smallest absolute Gasteiger partial charge is 0.241 e. The lowest BCUT2D eigenvalue weighted by Crippen LogP contribution is -2.34. The summed E-state index contributed by atoms with van der Waals surface area (Å²) in [6.45, 7) is 6.60. The van der Waals surface area contributed by atoms with Crippen LogP contribution in [-0.2, 0) is 10.2 Å². The molecule has 1 unspecified atom stereocenters. The van der Waals surface area contributed by atoms with Crippen LogP contribution in [0.3, 0.4) is 0 Å². The first-order valence-electron chi connectivity index (χ1n) is 7.69. The van der Waals surface area contributed by atoms with E-state index in [-0.39, 0.29) is 17.4 Å². The molecular weight excluding hydrogens is 272 g/mol. The van der Waals surface area contributed by atoms with E-state index in [9.17, 15) is 4.79 Å². The van der Waals surface area contributed by atoms with Crippen molar-refractivity contribution in [3.8, 4) is 0 Å². The fraction of sp³-hybridized carbons (Fsp3) is 0.316. The van der Waals surface area contributed by atoms with Gasteiger partial charge in [-0.2, -0.15) is 0 Å². The van der Waals surface area contributed by atoms with Crippen LogP contribution in [0.4, 0.5) is 5.69 Å². The minimum Gasteiger partial charge on any atom is -0.278 e. The molecule has 1 heterocycles. The fourth-order valence-corrected chi connectivity index (χ4v) is 2.83. The predicted octanol–water partition coefficient (Wildman–Crippen LogP) is 3.97. The van der Waals surface area contributed by atoms with Gasteiger partial charge in [0.25, 0.3) is 0 Å². The maximum atomic E-state index is 11.9. The van der Waals surface area contributed by atoms with Crippen molar-refractivity contribution in [3.05, 3.63) is 65.7 Å². The number of carbonyl (C=O) groups is 1. The normalized spacial score (nSPS) is 18.4. The molecule has 1 amide bonds. The van der Waals surface area contributed by atoms with Gasteiger partial charge in [-0.05, 0) is 28.7 Å². The third-order valence-corrected chi connectivity index (χ3v) is 4.13. The molecule has 1 aliphatic rings. The molecule has 2 aromatic rings. The molecule has 1 aliphatic heterocycles. The highest BCUT2D eigenvalue weighted by Gasteiger charge is 2.31. The molecule has 0 aromatic heterocycles. The summed E-state index contributed by atoms with van der Waals surface area (Å²) in [4.78, 5) is 11.9. The lowest BCUT2D eigenvalue weighted by Gasteiger charge is -2.27. The molecule has 114 valence electrons. The van der Waals surface area contributed by atoms with Gasteiger partial charge >= 0.3 is 0 Å². The van der Waals surface area contributed by atoms with Crippen molar-refractivity contribution in [1.29, 1.82) is 0 Å². The van der Waals surface area contributed by atoms with Crippen LogP contribution < -0.4 is 10.4 Å². The quantitative estimate of drug-likeness (QED) is 0.909. The molecule has 1 atom stereocenters. The molecule has 1 saturated heterocycles. The monoisotopic (exact) mass is 294 g/mol. The second kappa shape index (κ2) is 5.48. The number of amides is 1. The largest absolute Gasteiger partial charge is 0.278 e. The highest BCUT2D eigenvalue weighted by Crippen LogP contribution is 2.33. The van der Waals surface area contributed by atoms with E-state index in [1.807, 2.05) is 23.2 Å². The molecule has 0 bridgehead atoms. The third-order valence-electron chi connectivity index (χ3n) is 4.13. The molecule has 0 aliphatic carbocycles. The minimum atomic E-state index is 0.0502. The summed E-state index contributed by atoms with van der Waals surface area (Å²) in [7, 11) is 0. The van der Waals surface area contributed by atoms with Gasteiger partial charge in [-0.15, -0.1) is 0 Å². The summed E-state index contributed by atoms with van der Waals surface area (Å²) >= 11 is 0. The molecule has 0 radical (unpaired) electrons. The standard InChI is InChI=1S/C19H22N2O/c1-19(2,3)15-9-11-16(12-10-15)21-17(13-18(22)20-21)14-7-5-4-6-8-14/h4-12,17H,13H2,1-3H3,(H,20,22). The van der Waals surface area contributed by atoms with Crippen molar-refractivity contribution in [2.45, 2.75) is 38.6 Å². The second-order valence-electron chi connectivity index (χ2n) is 6.83. The Morgan fingerprint density at radius 2 is 1.64 bits per heavy atom. The Morgan fingerprint density at radius 3 is 2.23 bits per heavy atom. The van der Waals surface area contributed by atoms with Gasteiger partial charge in [0.1, 0.15) is 0 Å². The van der Waals surface area contributed by atoms with E-state index in [4.69, 9.17) is 0 Å². The van der Waals surface area contributed by atoms with Crippen molar-refractivity contribution < 1.29 is 4.79 Å². The molecule has 3 rings (SSSR count). The van der Waals surface area contributed by atoms with Crippen molar-refractivity contribution in [2.75, 3.05) is 5.01 Å². The van der Waals surface area contributed by atoms with Crippen LogP contribution >= 0.6 is 0 Å². The van der Waals surface area contributed by atoms with E-state index in [1.54, 1.807) is 0 Å². The van der Waals surface area contributed by atoms with Crippen molar-refractivity contribution in [1.82, 2.24) is 5.43 Å². The molecule has 1 N–H and O–H groups in total. The summed E-state index contributed by atoms with van der Waals surface area (Å²) < 4.78 is 0. The highest BCUT2D eigenvalue weighted by molar-refractivity contribution is 5.83. The van der Waals surface area contributed by atoms with Gasteiger partial charge in [0.2, 0.25) is 5.91 Å². The van der Waals surface area contributed by atoms with Gasteiger partial charge in [-0.1, -0.05) is 63.2 Å². The van der Waals surface area contributed by atoms with Crippen LogP contribution in [-0.4, -0.2) is 5.91 Å². The average Bonchev–Trinajstić information content (AvgIpc) is 2.89. The maximum absolute atomic E-state index is 11.9. The number of nitrogens with one attached hydrogen (secondary N) is 1. The van der Waals surface area contributed by atoms with Gasteiger partial charge in [0.15, 0.2) is 0 Å². The Labute approximate surface area is 131 Å².